The minimum absolute atomic E-state index is 0.327. The highest BCUT2D eigenvalue weighted by molar-refractivity contribution is 6.35. The number of rotatable bonds is 5. The first-order valence-corrected chi connectivity index (χ1v) is 9.59. The van der Waals surface area contributed by atoms with Crippen LogP contribution in [0.1, 0.15) is 16.7 Å². The molecule has 0 saturated heterocycles. The molecule has 0 N–H and O–H groups in total. The zero-order chi connectivity index (χ0) is 20.2. The van der Waals surface area contributed by atoms with Crippen molar-refractivity contribution in [2.45, 2.75) is 6.61 Å². The number of benzene rings is 3. The van der Waals surface area contributed by atoms with E-state index in [0.717, 1.165) is 16.7 Å². The molecule has 0 radical (unpaired) electrons. The molecule has 0 aliphatic carbocycles. The molecule has 0 fully saturated rings. The van der Waals surface area contributed by atoms with Crippen molar-refractivity contribution in [3.63, 3.8) is 0 Å². The Labute approximate surface area is 178 Å². The van der Waals surface area contributed by atoms with Gasteiger partial charge in [0.1, 0.15) is 18.1 Å². The Hall–Kier alpha value is -3.08. The average Bonchev–Trinajstić information content (AvgIpc) is 3.09. The molecule has 4 nitrogen and oxygen atoms in total. The second-order valence-corrected chi connectivity index (χ2v) is 7.18. The first-order chi connectivity index (χ1) is 14.1. The summed E-state index contributed by atoms with van der Waals surface area (Å²) < 4.78 is 5.79. The zero-order valence-corrected chi connectivity index (χ0v) is 16.7. The van der Waals surface area contributed by atoms with Crippen LogP contribution in [-0.2, 0) is 16.2 Å². The Balaban J connectivity index is 1.49. The van der Waals surface area contributed by atoms with Crippen molar-refractivity contribution in [2.24, 2.45) is 5.16 Å². The van der Waals surface area contributed by atoms with Gasteiger partial charge in [0.05, 0.1) is 5.57 Å². The predicted octanol–water partition coefficient (Wildman–Crippen LogP) is 5.92. The van der Waals surface area contributed by atoms with E-state index in [2.05, 4.69) is 5.16 Å². The van der Waals surface area contributed by atoms with Gasteiger partial charge in [-0.1, -0.05) is 76.9 Å². The molecule has 29 heavy (non-hydrogen) atoms. The van der Waals surface area contributed by atoms with E-state index in [4.69, 9.17) is 32.8 Å². The van der Waals surface area contributed by atoms with Gasteiger partial charge in [-0.25, -0.2) is 4.79 Å². The summed E-state index contributed by atoms with van der Waals surface area (Å²) in [6, 6.07) is 22.1. The van der Waals surface area contributed by atoms with Crippen LogP contribution in [0.25, 0.3) is 6.08 Å². The molecule has 144 valence electrons. The van der Waals surface area contributed by atoms with E-state index in [1.165, 1.54) is 0 Å². The minimum Gasteiger partial charge on any atom is -0.489 e. The third-order valence-electron chi connectivity index (χ3n) is 4.34. The maximum Gasteiger partial charge on any atom is 0.368 e. The molecule has 0 unspecified atom stereocenters. The molecule has 6 heteroatoms. The van der Waals surface area contributed by atoms with Crippen LogP contribution < -0.4 is 4.74 Å². The van der Waals surface area contributed by atoms with E-state index in [1.54, 1.807) is 18.2 Å². The number of hydrogen-bond donors (Lipinski definition) is 0. The first kappa shape index (κ1) is 19.2. The fourth-order valence-corrected chi connectivity index (χ4v) is 3.30. The summed E-state index contributed by atoms with van der Waals surface area (Å²) in [5.74, 6) is 0.214. The highest BCUT2D eigenvalue weighted by Gasteiger charge is 2.26. The van der Waals surface area contributed by atoms with Crippen LogP contribution in [0.5, 0.6) is 5.75 Å². The molecule has 1 heterocycles. The van der Waals surface area contributed by atoms with Gasteiger partial charge in [-0.05, 0) is 35.9 Å². The largest absolute Gasteiger partial charge is 0.489 e. The predicted molar refractivity (Wildman–Crippen MR) is 114 cm³/mol. The maximum atomic E-state index is 12.1. The third kappa shape index (κ3) is 4.50. The molecule has 0 amide bonds. The lowest BCUT2D eigenvalue weighted by Gasteiger charge is -2.08. The first-order valence-electron chi connectivity index (χ1n) is 8.84. The van der Waals surface area contributed by atoms with Gasteiger partial charge in [0.15, 0.2) is 0 Å². The van der Waals surface area contributed by atoms with Crippen LogP contribution in [0.2, 0.25) is 10.0 Å². The quantitative estimate of drug-likeness (QED) is 0.378. The van der Waals surface area contributed by atoms with Gasteiger partial charge < -0.3 is 9.57 Å². The Kier molecular flexibility index (Phi) is 5.65. The summed E-state index contributed by atoms with van der Waals surface area (Å²) in [6.07, 6.45) is 1.75. The maximum absolute atomic E-state index is 12.1. The highest BCUT2D eigenvalue weighted by Crippen LogP contribution is 2.24. The molecule has 1 aliphatic heterocycles. The van der Waals surface area contributed by atoms with Gasteiger partial charge in [0.2, 0.25) is 0 Å². The zero-order valence-electron chi connectivity index (χ0n) is 15.1. The SMILES string of the molecule is O=C1ON=C(c2ccccc2)/C1=C\c1ccc(OCc2ccc(Cl)cc2Cl)cc1. The number of ether oxygens (including phenoxy) is 1. The van der Waals surface area contributed by atoms with E-state index < -0.39 is 5.97 Å². The number of carbonyl (C=O) groups excluding carboxylic acids is 1. The highest BCUT2D eigenvalue weighted by atomic mass is 35.5. The molecule has 0 atom stereocenters. The Bertz CT molecular complexity index is 1110. The topological polar surface area (TPSA) is 47.9 Å². The van der Waals surface area contributed by atoms with Gasteiger partial charge in [-0.15, -0.1) is 0 Å². The number of halogens is 2. The number of nitrogens with zero attached hydrogens (tertiary/aromatic N) is 1. The third-order valence-corrected chi connectivity index (χ3v) is 4.93. The Morgan fingerprint density at radius 3 is 2.45 bits per heavy atom. The van der Waals surface area contributed by atoms with Gasteiger partial charge >= 0.3 is 5.97 Å². The van der Waals surface area contributed by atoms with Crippen molar-refractivity contribution in [3.8, 4) is 5.75 Å². The molecular formula is C23H15Cl2NO3. The van der Waals surface area contributed by atoms with Crippen LogP contribution in [0, 0.1) is 0 Å². The van der Waals surface area contributed by atoms with E-state index in [0.29, 0.717) is 33.7 Å². The van der Waals surface area contributed by atoms with Crippen LogP contribution in [0.3, 0.4) is 0 Å². The van der Waals surface area contributed by atoms with Gasteiger partial charge in [0.25, 0.3) is 0 Å². The van der Waals surface area contributed by atoms with Gasteiger partial charge in [-0.2, -0.15) is 0 Å². The van der Waals surface area contributed by atoms with Crippen LogP contribution >= 0.6 is 23.2 Å². The Morgan fingerprint density at radius 2 is 1.72 bits per heavy atom. The lowest BCUT2D eigenvalue weighted by Crippen LogP contribution is -2.06. The minimum atomic E-state index is -0.471. The molecule has 4 rings (SSSR count). The second kappa shape index (κ2) is 8.52. The van der Waals surface area contributed by atoms with Crippen molar-refractivity contribution in [3.05, 3.63) is 105 Å². The molecule has 3 aromatic rings. The molecule has 1 aliphatic rings. The molecule has 3 aromatic carbocycles. The summed E-state index contributed by atoms with van der Waals surface area (Å²) in [5, 5.41) is 5.06. The second-order valence-electron chi connectivity index (χ2n) is 6.34. The molecular weight excluding hydrogens is 409 g/mol. The van der Waals surface area contributed by atoms with Gasteiger partial charge in [-0.3, -0.25) is 0 Å². The normalized spacial score (nSPS) is 14.6. The van der Waals surface area contributed by atoms with Crippen molar-refractivity contribution in [1.29, 1.82) is 0 Å². The van der Waals surface area contributed by atoms with Crippen molar-refractivity contribution >= 4 is 41.0 Å². The number of oxime groups is 1. The fraction of sp³-hybridized carbons (Fsp3) is 0.0435. The molecule has 0 spiro atoms. The van der Waals surface area contributed by atoms with E-state index in [9.17, 15) is 4.79 Å². The summed E-state index contributed by atoms with van der Waals surface area (Å²) in [6.45, 7) is 0.327. The molecule has 0 aromatic heterocycles. The lowest BCUT2D eigenvalue weighted by atomic mass is 10.0. The summed E-state index contributed by atoms with van der Waals surface area (Å²) >= 11 is 12.1. The average molecular weight is 424 g/mol. The van der Waals surface area contributed by atoms with Crippen molar-refractivity contribution in [2.75, 3.05) is 0 Å². The lowest BCUT2D eigenvalue weighted by molar-refractivity contribution is -0.136. The van der Waals surface area contributed by atoms with Crippen LogP contribution in [0.4, 0.5) is 0 Å². The molecule has 0 saturated carbocycles. The number of carbonyl (C=O) groups is 1. The smallest absolute Gasteiger partial charge is 0.368 e. The van der Waals surface area contributed by atoms with Gasteiger partial charge in [0, 0.05) is 21.2 Å². The number of hydrogen-bond acceptors (Lipinski definition) is 4. The van der Waals surface area contributed by atoms with Crippen LogP contribution in [-0.4, -0.2) is 11.7 Å². The van der Waals surface area contributed by atoms with Crippen molar-refractivity contribution < 1.29 is 14.4 Å². The van der Waals surface area contributed by atoms with Crippen molar-refractivity contribution in [1.82, 2.24) is 0 Å². The standard InChI is InChI=1S/C23H15Cl2NO3/c24-18-9-8-17(21(25)13-18)14-28-19-10-6-15(7-11-19)12-20-22(26-29-23(20)27)16-4-2-1-3-5-16/h1-13H,14H2/b20-12+. The summed E-state index contributed by atoms with van der Waals surface area (Å²) in [7, 11) is 0. The monoisotopic (exact) mass is 423 g/mol. The van der Waals surface area contributed by atoms with E-state index >= 15 is 0 Å². The van der Waals surface area contributed by atoms with Crippen LogP contribution in [0.15, 0.2) is 83.5 Å². The Morgan fingerprint density at radius 1 is 0.966 bits per heavy atom. The summed E-state index contributed by atoms with van der Waals surface area (Å²) in [4.78, 5) is 17.0. The van der Waals surface area contributed by atoms with E-state index in [1.807, 2.05) is 60.7 Å². The van der Waals surface area contributed by atoms with E-state index in [-0.39, 0.29) is 0 Å². The molecule has 0 bridgehead atoms. The summed E-state index contributed by atoms with van der Waals surface area (Å²) in [5.41, 5.74) is 3.44. The fourth-order valence-electron chi connectivity index (χ4n) is 2.84.